The average Bonchev–Trinajstić information content (AvgIpc) is 3.31. The molecule has 1 aromatic rings. The first-order valence-electron chi connectivity index (χ1n) is 9.92. The predicted molar refractivity (Wildman–Crippen MR) is 96.9 cm³/mol. The van der Waals surface area contributed by atoms with Crippen molar-refractivity contribution >= 4 is 11.8 Å². The lowest BCUT2D eigenvalue weighted by molar-refractivity contribution is -0.149. The Morgan fingerprint density at radius 3 is 2.70 bits per heavy atom. The van der Waals surface area contributed by atoms with Crippen molar-refractivity contribution in [2.24, 2.45) is 11.8 Å². The van der Waals surface area contributed by atoms with Crippen molar-refractivity contribution in [1.29, 1.82) is 0 Å². The van der Waals surface area contributed by atoms with E-state index < -0.39 is 0 Å². The third kappa shape index (κ3) is 5.04. The van der Waals surface area contributed by atoms with Crippen LogP contribution < -0.4 is 5.32 Å². The first kappa shape index (κ1) is 18.4. The van der Waals surface area contributed by atoms with Crippen LogP contribution in [0.25, 0.3) is 0 Å². The number of carbonyl (C=O) groups excluding carboxylic acids is 2. The number of nitrogens with one attached hydrogen (secondary N) is 2. The number of carbonyl (C=O) groups is 2. The highest BCUT2D eigenvalue weighted by Gasteiger charge is 2.31. The van der Waals surface area contributed by atoms with Crippen molar-refractivity contribution in [3.63, 3.8) is 0 Å². The summed E-state index contributed by atoms with van der Waals surface area (Å²) in [5, 5.41) is 8.98. The molecular formula is C18H28N6O3. The van der Waals surface area contributed by atoms with Gasteiger partial charge in [-0.05, 0) is 50.6 Å². The number of morpholine rings is 1. The Kier molecular flexibility index (Phi) is 5.68. The second-order valence-electron chi connectivity index (χ2n) is 7.96. The Morgan fingerprint density at radius 2 is 2.00 bits per heavy atom. The van der Waals surface area contributed by atoms with Crippen LogP contribution in [0.3, 0.4) is 0 Å². The number of hydrogen-bond acceptors (Lipinski definition) is 6. The molecule has 2 saturated heterocycles. The van der Waals surface area contributed by atoms with Crippen molar-refractivity contribution in [2.45, 2.75) is 31.8 Å². The van der Waals surface area contributed by atoms with Crippen LogP contribution in [0.5, 0.6) is 0 Å². The van der Waals surface area contributed by atoms with Gasteiger partial charge in [-0.25, -0.2) is 4.98 Å². The van der Waals surface area contributed by atoms with Crippen LogP contribution in [0, 0.1) is 11.8 Å². The summed E-state index contributed by atoms with van der Waals surface area (Å²) in [6.45, 7) is 5.32. The van der Waals surface area contributed by atoms with Crippen LogP contribution in [0.15, 0.2) is 6.33 Å². The molecule has 2 aliphatic heterocycles. The number of amides is 2. The van der Waals surface area contributed by atoms with Gasteiger partial charge in [-0.3, -0.25) is 14.7 Å². The first-order chi connectivity index (χ1) is 13.2. The summed E-state index contributed by atoms with van der Waals surface area (Å²) >= 11 is 0. The fraction of sp³-hybridized carbons (Fsp3) is 0.778. The largest absolute Gasteiger partial charge is 0.365 e. The average molecular weight is 376 g/mol. The summed E-state index contributed by atoms with van der Waals surface area (Å²) in [5.74, 6) is 1.41. The van der Waals surface area contributed by atoms with Crippen molar-refractivity contribution in [3.8, 4) is 0 Å². The summed E-state index contributed by atoms with van der Waals surface area (Å²) in [7, 11) is 0. The van der Waals surface area contributed by atoms with Crippen LogP contribution >= 0.6 is 0 Å². The molecule has 0 radical (unpaired) electrons. The van der Waals surface area contributed by atoms with E-state index in [0.29, 0.717) is 19.0 Å². The smallest absolute Gasteiger partial charge is 0.288 e. The molecule has 0 aromatic carbocycles. The number of piperidine rings is 1. The van der Waals surface area contributed by atoms with Gasteiger partial charge >= 0.3 is 0 Å². The van der Waals surface area contributed by atoms with Gasteiger partial charge in [0.15, 0.2) is 0 Å². The maximum atomic E-state index is 12.2. The molecule has 1 aromatic heterocycles. The Balaban J connectivity index is 1.20. The van der Waals surface area contributed by atoms with Crippen LogP contribution in [-0.4, -0.2) is 88.8 Å². The molecule has 3 fully saturated rings. The molecule has 0 spiro atoms. The molecule has 148 valence electrons. The summed E-state index contributed by atoms with van der Waals surface area (Å²) in [6, 6.07) is 0. The fourth-order valence-corrected chi connectivity index (χ4v) is 3.91. The molecule has 27 heavy (non-hydrogen) atoms. The minimum atomic E-state index is -0.317. The van der Waals surface area contributed by atoms with E-state index in [0.717, 1.165) is 38.4 Å². The minimum absolute atomic E-state index is 0.0493. The van der Waals surface area contributed by atoms with E-state index in [2.05, 4.69) is 25.4 Å². The predicted octanol–water partition coefficient (Wildman–Crippen LogP) is -0.116. The topological polar surface area (TPSA) is 103 Å². The lowest BCUT2D eigenvalue weighted by atomic mass is 9.95. The van der Waals surface area contributed by atoms with Gasteiger partial charge in [0.1, 0.15) is 12.9 Å². The molecule has 2 N–H and O–H groups in total. The first-order valence-corrected chi connectivity index (χ1v) is 9.92. The Bertz CT molecular complexity index is 640. The number of nitrogens with zero attached hydrogens (tertiary/aromatic N) is 4. The van der Waals surface area contributed by atoms with E-state index in [1.54, 1.807) is 0 Å². The van der Waals surface area contributed by atoms with Crippen LogP contribution in [0.4, 0.5) is 0 Å². The van der Waals surface area contributed by atoms with Gasteiger partial charge in [-0.2, -0.15) is 5.10 Å². The maximum absolute atomic E-state index is 12.2. The summed E-state index contributed by atoms with van der Waals surface area (Å²) < 4.78 is 5.58. The zero-order valence-electron chi connectivity index (χ0n) is 15.6. The standard InChI is InChI=1S/C18H28N6O3/c25-16-11-27-15(7-19-18(26)17-20-12-21-22-17)10-24(16)9-14-3-5-23(6-4-14)8-13-1-2-13/h12-15H,1-11H2,(H,19,26)(H,20,21,22)/t15-/m0/s1. The fourth-order valence-electron chi connectivity index (χ4n) is 3.91. The lowest BCUT2D eigenvalue weighted by Crippen LogP contribution is -2.52. The van der Waals surface area contributed by atoms with Gasteiger partial charge in [0.2, 0.25) is 11.7 Å². The number of rotatable bonds is 7. The van der Waals surface area contributed by atoms with Crippen molar-refractivity contribution in [2.75, 3.05) is 45.9 Å². The maximum Gasteiger partial charge on any atom is 0.288 e. The van der Waals surface area contributed by atoms with E-state index >= 15 is 0 Å². The van der Waals surface area contributed by atoms with Gasteiger partial charge in [-0.15, -0.1) is 0 Å². The van der Waals surface area contributed by atoms with Crippen LogP contribution in [0.2, 0.25) is 0 Å². The molecule has 9 nitrogen and oxygen atoms in total. The van der Waals surface area contributed by atoms with Gasteiger partial charge in [0.25, 0.3) is 5.91 Å². The quantitative estimate of drug-likeness (QED) is 0.688. The monoisotopic (exact) mass is 376 g/mol. The molecule has 0 bridgehead atoms. The second-order valence-corrected chi connectivity index (χ2v) is 7.96. The van der Waals surface area contributed by atoms with E-state index in [9.17, 15) is 9.59 Å². The molecule has 0 unspecified atom stereocenters. The number of aromatic nitrogens is 3. The van der Waals surface area contributed by atoms with E-state index in [-0.39, 0.29) is 30.3 Å². The third-order valence-corrected chi connectivity index (χ3v) is 5.74. The van der Waals surface area contributed by atoms with Gasteiger partial charge in [0.05, 0.1) is 6.10 Å². The normalized spacial score (nSPS) is 25.0. The summed E-state index contributed by atoms with van der Waals surface area (Å²) in [5.41, 5.74) is 0. The van der Waals surface area contributed by atoms with Gasteiger partial charge < -0.3 is 19.9 Å². The zero-order chi connectivity index (χ0) is 18.6. The minimum Gasteiger partial charge on any atom is -0.365 e. The van der Waals surface area contributed by atoms with Crippen molar-refractivity contribution < 1.29 is 14.3 Å². The molecule has 3 aliphatic rings. The molecule has 2 amide bonds. The molecular weight excluding hydrogens is 348 g/mol. The Hall–Kier alpha value is -2.00. The van der Waals surface area contributed by atoms with E-state index in [1.807, 2.05) is 4.90 Å². The van der Waals surface area contributed by atoms with Gasteiger partial charge in [0, 0.05) is 26.2 Å². The lowest BCUT2D eigenvalue weighted by Gasteiger charge is -2.38. The van der Waals surface area contributed by atoms with E-state index in [1.165, 1.54) is 25.7 Å². The van der Waals surface area contributed by atoms with Crippen LogP contribution in [-0.2, 0) is 9.53 Å². The van der Waals surface area contributed by atoms with Crippen molar-refractivity contribution in [1.82, 2.24) is 30.3 Å². The van der Waals surface area contributed by atoms with Crippen LogP contribution in [0.1, 0.15) is 36.3 Å². The molecule has 4 rings (SSSR count). The highest BCUT2D eigenvalue weighted by Crippen LogP contribution is 2.31. The van der Waals surface area contributed by atoms with E-state index in [4.69, 9.17) is 4.74 Å². The Labute approximate surface area is 158 Å². The number of likely N-dealkylation sites (tertiary alicyclic amines) is 1. The number of aromatic amines is 1. The molecule has 9 heteroatoms. The SMILES string of the molecule is O=C(NC[C@H]1CN(CC2CCN(CC3CC3)CC2)C(=O)CO1)c1ncn[nH]1. The zero-order valence-corrected chi connectivity index (χ0v) is 15.6. The van der Waals surface area contributed by atoms with Gasteiger partial charge in [-0.1, -0.05) is 0 Å². The highest BCUT2D eigenvalue weighted by atomic mass is 16.5. The number of H-pyrrole nitrogens is 1. The summed E-state index contributed by atoms with van der Waals surface area (Å²) in [4.78, 5) is 32.5. The molecule has 1 atom stereocenters. The second kappa shape index (κ2) is 8.35. The number of ether oxygens (including phenoxy) is 1. The summed E-state index contributed by atoms with van der Waals surface area (Å²) in [6.07, 6.45) is 6.22. The number of hydrogen-bond donors (Lipinski definition) is 2. The van der Waals surface area contributed by atoms with Crippen molar-refractivity contribution in [3.05, 3.63) is 12.2 Å². The molecule has 1 saturated carbocycles. The third-order valence-electron chi connectivity index (χ3n) is 5.74. The Morgan fingerprint density at radius 1 is 1.22 bits per heavy atom. The highest BCUT2D eigenvalue weighted by molar-refractivity contribution is 5.90. The molecule has 1 aliphatic carbocycles. The molecule has 3 heterocycles.